The summed E-state index contributed by atoms with van der Waals surface area (Å²) in [6.45, 7) is 5.26. The van der Waals surface area contributed by atoms with Crippen LogP contribution in [-0.4, -0.2) is 50.1 Å². The van der Waals surface area contributed by atoms with Crippen molar-refractivity contribution < 1.29 is 14.3 Å². The summed E-state index contributed by atoms with van der Waals surface area (Å²) in [7, 11) is 1.69. The van der Waals surface area contributed by atoms with Crippen molar-refractivity contribution in [1.29, 1.82) is 0 Å². The molecule has 0 bridgehead atoms. The average Bonchev–Trinajstić information content (AvgIpc) is 2.96. The summed E-state index contributed by atoms with van der Waals surface area (Å²) in [5.41, 5.74) is 3.61. The molecule has 0 spiro atoms. The predicted octanol–water partition coefficient (Wildman–Crippen LogP) is 6.51. The van der Waals surface area contributed by atoms with Gasteiger partial charge < -0.3 is 9.47 Å². The molecule has 0 radical (unpaired) electrons. The summed E-state index contributed by atoms with van der Waals surface area (Å²) in [6, 6.07) is 23.0. The fraction of sp³-hybridized carbons (Fsp3) is 0.406. The summed E-state index contributed by atoms with van der Waals surface area (Å²) in [4.78, 5) is 17.0. The summed E-state index contributed by atoms with van der Waals surface area (Å²) in [6.07, 6.45) is 7.04. The number of methoxy groups -OCH3 is 1. The Bertz CT molecular complexity index is 1210. The lowest BCUT2D eigenvalue weighted by atomic mass is 9.75. The first-order valence-corrected chi connectivity index (χ1v) is 13.3. The van der Waals surface area contributed by atoms with E-state index in [9.17, 15) is 4.79 Å². The second kappa shape index (κ2) is 11.4. The number of nitrogens with zero attached hydrogens (tertiary/aromatic N) is 1. The van der Waals surface area contributed by atoms with Crippen LogP contribution in [0.1, 0.15) is 55.6 Å². The van der Waals surface area contributed by atoms with Crippen molar-refractivity contribution in [2.24, 2.45) is 0 Å². The van der Waals surface area contributed by atoms with E-state index in [1.165, 1.54) is 18.4 Å². The standard InChI is InChI=1S/C32H37NO3/c1-23(26-13-14-28-22-29(35-2)16-15-27(28)21-26)32(34)30(24-9-5-3-6-10-24)31(25-11-7-4-8-12-25)33-17-19-36-20-18-33/h3,5-6,9-11,13-16,21-23,30-31H,4,7-8,12,17-20H2,1-2H3/t23-,30-,31+/m0/s1. The lowest BCUT2D eigenvalue weighted by molar-refractivity contribution is -0.123. The van der Waals surface area contributed by atoms with Gasteiger partial charge in [0.05, 0.1) is 26.2 Å². The largest absolute Gasteiger partial charge is 0.497 e. The number of hydrogen-bond donors (Lipinski definition) is 0. The molecular formula is C32H37NO3. The van der Waals surface area contributed by atoms with Crippen molar-refractivity contribution in [2.45, 2.75) is 50.5 Å². The molecule has 1 aliphatic carbocycles. The third-order valence-electron chi connectivity index (χ3n) is 7.92. The van der Waals surface area contributed by atoms with Crippen molar-refractivity contribution in [2.75, 3.05) is 33.4 Å². The topological polar surface area (TPSA) is 38.8 Å². The maximum Gasteiger partial charge on any atom is 0.149 e. The Balaban J connectivity index is 1.54. The molecule has 0 unspecified atom stereocenters. The number of fused-ring (bicyclic) bond motifs is 1. The zero-order valence-corrected chi connectivity index (χ0v) is 21.5. The van der Waals surface area contributed by atoms with Crippen LogP contribution >= 0.6 is 0 Å². The van der Waals surface area contributed by atoms with Gasteiger partial charge in [-0.1, -0.05) is 73.2 Å². The van der Waals surface area contributed by atoms with Gasteiger partial charge in [0.15, 0.2) is 0 Å². The molecule has 1 heterocycles. The van der Waals surface area contributed by atoms with Crippen LogP contribution in [-0.2, 0) is 9.53 Å². The molecule has 0 saturated carbocycles. The molecule has 3 aromatic rings. The van der Waals surface area contributed by atoms with Gasteiger partial charge in [0, 0.05) is 25.0 Å². The van der Waals surface area contributed by atoms with E-state index < -0.39 is 0 Å². The van der Waals surface area contributed by atoms with Gasteiger partial charge in [-0.05, 0) is 59.7 Å². The number of morpholine rings is 1. The number of ether oxygens (including phenoxy) is 2. The van der Waals surface area contributed by atoms with Crippen LogP contribution in [0.3, 0.4) is 0 Å². The van der Waals surface area contributed by atoms with Crippen LogP contribution in [0.5, 0.6) is 5.75 Å². The monoisotopic (exact) mass is 483 g/mol. The van der Waals surface area contributed by atoms with Crippen LogP contribution in [0, 0.1) is 0 Å². The molecule has 4 heteroatoms. The van der Waals surface area contributed by atoms with Crippen LogP contribution in [0.4, 0.5) is 0 Å². The van der Waals surface area contributed by atoms with Crippen LogP contribution in [0.15, 0.2) is 78.4 Å². The molecular weight excluding hydrogens is 446 g/mol. The van der Waals surface area contributed by atoms with Crippen molar-refractivity contribution in [3.05, 3.63) is 89.5 Å². The van der Waals surface area contributed by atoms with Gasteiger partial charge >= 0.3 is 0 Å². The van der Waals surface area contributed by atoms with E-state index in [-0.39, 0.29) is 23.7 Å². The average molecular weight is 484 g/mol. The van der Waals surface area contributed by atoms with E-state index in [4.69, 9.17) is 9.47 Å². The van der Waals surface area contributed by atoms with Crippen LogP contribution in [0.2, 0.25) is 0 Å². The second-order valence-corrected chi connectivity index (χ2v) is 10.1. The van der Waals surface area contributed by atoms with E-state index in [1.54, 1.807) is 7.11 Å². The molecule has 0 aromatic heterocycles. The fourth-order valence-electron chi connectivity index (χ4n) is 5.88. The van der Waals surface area contributed by atoms with Gasteiger partial charge in [0.2, 0.25) is 0 Å². The van der Waals surface area contributed by atoms with Gasteiger partial charge in [-0.15, -0.1) is 0 Å². The third kappa shape index (κ3) is 5.25. The minimum atomic E-state index is -0.213. The van der Waals surface area contributed by atoms with Gasteiger partial charge in [0.25, 0.3) is 0 Å². The third-order valence-corrected chi connectivity index (χ3v) is 7.92. The smallest absolute Gasteiger partial charge is 0.149 e. The number of carbonyl (C=O) groups is 1. The quantitative estimate of drug-likeness (QED) is 0.343. The van der Waals surface area contributed by atoms with E-state index in [0.717, 1.165) is 66.8 Å². The summed E-state index contributed by atoms with van der Waals surface area (Å²) < 4.78 is 11.1. The number of carbonyl (C=O) groups excluding carboxylic acids is 1. The minimum Gasteiger partial charge on any atom is -0.497 e. The highest BCUT2D eigenvalue weighted by atomic mass is 16.5. The van der Waals surface area contributed by atoms with Crippen molar-refractivity contribution in [1.82, 2.24) is 4.90 Å². The Kier molecular flexibility index (Phi) is 7.84. The first-order valence-electron chi connectivity index (χ1n) is 13.3. The second-order valence-electron chi connectivity index (χ2n) is 10.1. The first-order chi connectivity index (χ1) is 17.7. The van der Waals surface area contributed by atoms with Crippen LogP contribution < -0.4 is 4.74 Å². The molecule has 3 aromatic carbocycles. The van der Waals surface area contributed by atoms with Crippen molar-refractivity contribution in [3.63, 3.8) is 0 Å². The lowest BCUT2D eigenvalue weighted by Gasteiger charge is -2.41. The zero-order chi connectivity index (χ0) is 24.9. The summed E-state index contributed by atoms with van der Waals surface area (Å²) >= 11 is 0. The molecule has 1 fully saturated rings. The number of allylic oxidation sites excluding steroid dienone is 1. The summed E-state index contributed by atoms with van der Waals surface area (Å²) in [5.74, 6) is 0.708. The van der Waals surface area contributed by atoms with Gasteiger partial charge in [-0.2, -0.15) is 0 Å². The molecule has 3 atom stereocenters. The Morgan fingerprint density at radius 3 is 2.39 bits per heavy atom. The SMILES string of the molecule is COc1ccc2cc([C@H](C)C(=O)[C@@H](c3ccccc3)[C@@H](C3=CCCCC3)N3CCOCC3)ccc2c1. The van der Waals surface area contributed by atoms with E-state index >= 15 is 0 Å². The first kappa shape index (κ1) is 24.7. The number of ketones is 1. The normalized spacial score (nSPS) is 19.3. The van der Waals surface area contributed by atoms with Crippen molar-refractivity contribution in [3.8, 4) is 5.75 Å². The molecule has 4 nitrogen and oxygen atoms in total. The maximum atomic E-state index is 14.5. The van der Waals surface area contributed by atoms with Gasteiger partial charge in [0.1, 0.15) is 11.5 Å². The van der Waals surface area contributed by atoms with E-state index in [0.29, 0.717) is 0 Å². The molecule has 0 amide bonds. The molecule has 1 aliphatic heterocycles. The Labute approximate surface area is 214 Å². The highest BCUT2D eigenvalue weighted by molar-refractivity contribution is 5.94. The molecule has 36 heavy (non-hydrogen) atoms. The highest BCUT2D eigenvalue weighted by Crippen LogP contribution is 2.38. The Morgan fingerprint density at radius 1 is 0.917 bits per heavy atom. The number of benzene rings is 3. The maximum absolute atomic E-state index is 14.5. The van der Waals surface area contributed by atoms with E-state index in [1.807, 2.05) is 18.2 Å². The fourth-order valence-corrected chi connectivity index (χ4v) is 5.88. The molecule has 188 valence electrons. The minimum absolute atomic E-state index is 0.0799. The van der Waals surface area contributed by atoms with Gasteiger partial charge in [-0.25, -0.2) is 0 Å². The molecule has 1 saturated heterocycles. The number of rotatable bonds is 8. The highest BCUT2D eigenvalue weighted by Gasteiger charge is 2.39. The number of hydrogen-bond acceptors (Lipinski definition) is 4. The zero-order valence-electron chi connectivity index (χ0n) is 21.5. The Hall–Kier alpha value is -2.95. The van der Waals surface area contributed by atoms with Crippen LogP contribution in [0.25, 0.3) is 10.8 Å². The number of Topliss-reactive ketones (excluding diaryl/α,β-unsaturated/α-hetero) is 1. The Morgan fingerprint density at radius 2 is 1.67 bits per heavy atom. The predicted molar refractivity (Wildman–Crippen MR) is 146 cm³/mol. The molecule has 0 N–H and O–H groups in total. The summed E-state index contributed by atoms with van der Waals surface area (Å²) in [5, 5.41) is 2.25. The van der Waals surface area contributed by atoms with Crippen molar-refractivity contribution >= 4 is 16.6 Å². The molecule has 2 aliphatic rings. The molecule has 5 rings (SSSR count). The van der Waals surface area contributed by atoms with Gasteiger partial charge in [-0.3, -0.25) is 9.69 Å². The lowest BCUT2D eigenvalue weighted by Crippen LogP contribution is -2.49. The van der Waals surface area contributed by atoms with E-state index in [2.05, 4.69) is 66.4 Å².